The number of hydrogen-bond donors (Lipinski definition) is 3. The predicted molar refractivity (Wildman–Crippen MR) is 93.0 cm³/mol. The average molecular weight is 307 g/mol. The Kier molecular flexibility index (Phi) is 5.06. The Morgan fingerprint density at radius 2 is 1.70 bits per heavy atom. The van der Waals surface area contributed by atoms with Crippen LogP contribution in [0.1, 0.15) is 18.0 Å². The standard InChI is InChI=1S/C19H21N3O/c23-19(22-16-9-5-2-6-10-16)14-17-13-18(21-12-11-20-17)15-7-3-1-4-8-15/h1-10,14,18,20-21H,11-13H2,(H,22,23)/b17-14-. The Bertz CT molecular complexity index is 668. The highest BCUT2D eigenvalue weighted by Crippen LogP contribution is 2.21. The van der Waals surface area contributed by atoms with Crippen molar-refractivity contribution in [1.82, 2.24) is 10.6 Å². The molecule has 3 N–H and O–H groups in total. The molecule has 4 heteroatoms. The first-order valence-electron chi connectivity index (χ1n) is 7.90. The van der Waals surface area contributed by atoms with E-state index in [0.717, 1.165) is 30.9 Å². The lowest BCUT2D eigenvalue weighted by atomic mass is 10.0. The van der Waals surface area contributed by atoms with Gasteiger partial charge >= 0.3 is 0 Å². The molecule has 0 spiro atoms. The van der Waals surface area contributed by atoms with Crippen LogP contribution < -0.4 is 16.0 Å². The molecule has 3 rings (SSSR count). The summed E-state index contributed by atoms with van der Waals surface area (Å²) in [6, 6.07) is 20.1. The summed E-state index contributed by atoms with van der Waals surface area (Å²) in [4.78, 5) is 12.2. The number of nitrogens with one attached hydrogen (secondary N) is 3. The van der Waals surface area contributed by atoms with Gasteiger partial charge in [-0.25, -0.2) is 0 Å². The smallest absolute Gasteiger partial charge is 0.250 e. The van der Waals surface area contributed by atoms with Crippen LogP contribution >= 0.6 is 0 Å². The number of anilines is 1. The second-order valence-electron chi connectivity index (χ2n) is 5.57. The Labute approximate surface area is 136 Å². The van der Waals surface area contributed by atoms with E-state index in [4.69, 9.17) is 0 Å². The maximum absolute atomic E-state index is 12.2. The maximum Gasteiger partial charge on any atom is 0.250 e. The first kappa shape index (κ1) is 15.3. The molecule has 1 fully saturated rings. The fourth-order valence-corrected chi connectivity index (χ4v) is 2.72. The van der Waals surface area contributed by atoms with Crippen molar-refractivity contribution in [2.24, 2.45) is 0 Å². The summed E-state index contributed by atoms with van der Waals surface area (Å²) in [7, 11) is 0. The molecular formula is C19H21N3O. The SMILES string of the molecule is O=C(/C=C1/CC(c2ccccc2)NCCN1)Nc1ccccc1. The lowest BCUT2D eigenvalue weighted by Gasteiger charge is -2.16. The van der Waals surface area contributed by atoms with E-state index in [1.54, 1.807) is 6.08 Å². The third-order valence-corrected chi connectivity index (χ3v) is 3.84. The van der Waals surface area contributed by atoms with Gasteiger partial charge in [-0.05, 0) is 17.7 Å². The number of para-hydroxylation sites is 1. The van der Waals surface area contributed by atoms with Crippen molar-refractivity contribution in [3.8, 4) is 0 Å². The van der Waals surface area contributed by atoms with Crippen LogP contribution in [0.15, 0.2) is 72.4 Å². The molecule has 1 aliphatic heterocycles. The van der Waals surface area contributed by atoms with Crippen LogP contribution in [0, 0.1) is 0 Å². The van der Waals surface area contributed by atoms with Crippen molar-refractivity contribution in [2.75, 3.05) is 18.4 Å². The molecule has 1 atom stereocenters. The number of hydrogen-bond acceptors (Lipinski definition) is 3. The van der Waals surface area contributed by atoms with Crippen LogP contribution in [0.2, 0.25) is 0 Å². The summed E-state index contributed by atoms with van der Waals surface area (Å²) in [5.41, 5.74) is 3.00. The van der Waals surface area contributed by atoms with E-state index in [9.17, 15) is 4.79 Å². The van der Waals surface area contributed by atoms with E-state index in [0.29, 0.717) is 0 Å². The van der Waals surface area contributed by atoms with Crippen LogP contribution in [0.5, 0.6) is 0 Å². The molecule has 1 unspecified atom stereocenters. The summed E-state index contributed by atoms with van der Waals surface area (Å²) in [5.74, 6) is -0.104. The van der Waals surface area contributed by atoms with Crippen molar-refractivity contribution in [3.05, 3.63) is 78.0 Å². The van der Waals surface area contributed by atoms with Gasteiger partial charge in [-0.3, -0.25) is 4.79 Å². The average Bonchev–Trinajstić information content (AvgIpc) is 2.82. The largest absolute Gasteiger partial charge is 0.387 e. The quantitative estimate of drug-likeness (QED) is 0.764. The van der Waals surface area contributed by atoms with E-state index < -0.39 is 0 Å². The molecule has 1 saturated heterocycles. The van der Waals surface area contributed by atoms with Gasteiger partial charge in [0, 0.05) is 43.0 Å². The molecule has 0 aliphatic carbocycles. The number of rotatable bonds is 3. The van der Waals surface area contributed by atoms with Gasteiger partial charge in [-0.1, -0.05) is 48.5 Å². The molecule has 4 nitrogen and oxygen atoms in total. The summed E-state index contributed by atoms with van der Waals surface area (Å²) < 4.78 is 0. The van der Waals surface area contributed by atoms with Crippen LogP contribution in [-0.2, 0) is 4.79 Å². The highest BCUT2D eigenvalue weighted by molar-refractivity contribution is 5.99. The molecule has 23 heavy (non-hydrogen) atoms. The van der Waals surface area contributed by atoms with Crippen molar-refractivity contribution >= 4 is 11.6 Å². The maximum atomic E-state index is 12.2. The number of benzene rings is 2. The molecule has 1 amide bonds. The van der Waals surface area contributed by atoms with E-state index in [1.165, 1.54) is 5.56 Å². The van der Waals surface area contributed by atoms with E-state index >= 15 is 0 Å². The topological polar surface area (TPSA) is 53.2 Å². The normalized spacial score (nSPS) is 19.7. The molecule has 0 radical (unpaired) electrons. The number of amides is 1. The zero-order valence-corrected chi connectivity index (χ0v) is 13.0. The minimum absolute atomic E-state index is 0.104. The van der Waals surface area contributed by atoms with Gasteiger partial charge in [0.25, 0.3) is 0 Å². The van der Waals surface area contributed by atoms with Crippen LogP contribution in [0.25, 0.3) is 0 Å². The number of carbonyl (C=O) groups is 1. The summed E-state index contributed by atoms with van der Waals surface area (Å²) in [6.07, 6.45) is 2.43. The lowest BCUT2D eigenvalue weighted by Crippen LogP contribution is -2.23. The van der Waals surface area contributed by atoms with Gasteiger partial charge in [-0.15, -0.1) is 0 Å². The second-order valence-corrected chi connectivity index (χ2v) is 5.57. The summed E-state index contributed by atoms with van der Waals surface area (Å²) in [5, 5.41) is 9.74. The Morgan fingerprint density at radius 3 is 2.43 bits per heavy atom. The van der Waals surface area contributed by atoms with E-state index in [-0.39, 0.29) is 11.9 Å². The van der Waals surface area contributed by atoms with Crippen molar-refractivity contribution < 1.29 is 4.79 Å². The van der Waals surface area contributed by atoms with Gasteiger partial charge in [0.15, 0.2) is 0 Å². The number of carbonyl (C=O) groups excluding carboxylic acids is 1. The molecule has 0 saturated carbocycles. The van der Waals surface area contributed by atoms with Crippen LogP contribution in [0.3, 0.4) is 0 Å². The summed E-state index contributed by atoms with van der Waals surface area (Å²) in [6.45, 7) is 1.69. The third-order valence-electron chi connectivity index (χ3n) is 3.84. The van der Waals surface area contributed by atoms with Crippen molar-refractivity contribution in [3.63, 3.8) is 0 Å². The van der Waals surface area contributed by atoms with Gasteiger partial charge in [0.2, 0.25) is 5.91 Å². The Morgan fingerprint density at radius 1 is 1.00 bits per heavy atom. The minimum atomic E-state index is -0.104. The van der Waals surface area contributed by atoms with Crippen molar-refractivity contribution in [2.45, 2.75) is 12.5 Å². The van der Waals surface area contributed by atoms with Crippen LogP contribution in [0.4, 0.5) is 5.69 Å². The first-order valence-corrected chi connectivity index (χ1v) is 7.90. The zero-order valence-electron chi connectivity index (χ0n) is 13.0. The van der Waals surface area contributed by atoms with Crippen molar-refractivity contribution in [1.29, 1.82) is 0 Å². The monoisotopic (exact) mass is 307 g/mol. The molecule has 0 bridgehead atoms. The second kappa shape index (κ2) is 7.61. The Balaban J connectivity index is 1.69. The molecule has 2 aromatic carbocycles. The van der Waals surface area contributed by atoms with Gasteiger partial charge < -0.3 is 16.0 Å². The molecule has 118 valence electrons. The minimum Gasteiger partial charge on any atom is -0.387 e. The zero-order chi connectivity index (χ0) is 15.9. The van der Waals surface area contributed by atoms with Gasteiger partial charge in [-0.2, -0.15) is 0 Å². The molecular weight excluding hydrogens is 286 g/mol. The fraction of sp³-hybridized carbons (Fsp3) is 0.211. The molecule has 1 aliphatic rings. The molecule has 0 aromatic heterocycles. The highest BCUT2D eigenvalue weighted by Gasteiger charge is 2.16. The lowest BCUT2D eigenvalue weighted by molar-refractivity contribution is -0.112. The van der Waals surface area contributed by atoms with Crippen LogP contribution in [-0.4, -0.2) is 19.0 Å². The van der Waals surface area contributed by atoms with E-state index in [2.05, 4.69) is 28.1 Å². The van der Waals surface area contributed by atoms with E-state index in [1.807, 2.05) is 48.5 Å². The predicted octanol–water partition coefficient (Wildman–Crippen LogP) is 2.83. The molecule has 2 aromatic rings. The first-order chi connectivity index (χ1) is 11.3. The molecule has 1 heterocycles. The third kappa shape index (κ3) is 4.44. The Hall–Kier alpha value is -2.59. The summed E-state index contributed by atoms with van der Waals surface area (Å²) >= 11 is 0. The van der Waals surface area contributed by atoms with Gasteiger partial charge in [0.1, 0.15) is 0 Å². The fourth-order valence-electron chi connectivity index (χ4n) is 2.72. The van der Waals surface area contributed by atoms with Gasteiger partial charge in [0.05, 0.1) is 0 Å². The highest BCUT2D eigenvalue weighted by atomic mass is 16.1.